The fourth-order valence-corrected chi connectivity index (χ4v) is 6.94. The number of rotatable bonds is 15. The molecular weight excluding hydrogens is 581 g/mol. The van der Waals surface area contributed by atoms with Crippen molar-refractivity contribution in [2.45, 2.75) is 75.3 Å². The second-order valence-electron chi connectivity index (χ2n) is 11.5. The maximum Gasteiger partial charge on any atom is 0.453 e. The summed E-state index contributed by atoms with van der Waals surface area (Å²) in [6.07, 6.45) is -4.43. The Morgan fingerprint density at radius 3 is 2.14 bits per heavy atom. The normalized spacial score (nSPS) is 19.5. The molecule has 0 fully saturated rings. The molecule has 0 radical (unpaired) electrons. The molecule has 3 rings (SSSR count). The van der Waals surface area contributed by atoms with Gasteiger partial charge in [0.25, 0.3) is 0 Å². The van der Waals surface area contributed by atoms with Gasteiger partial charge in [0.05, 0.1) is 18.1 Å². The van der Waals surface area contributed by atoms with Crippen LogP contribution in [0.15, 0.2) is 42.5 Å². The molecule has 0 unspecified atom stereocenters. The molecule has 6 nitrogen and oxygen atoms in total. The zero-order chi connectivity index (χ0) is 31.2. The van der Waals surface area contributed by atoms with Gasteiger partial charge in [-0.15, -0.1) is 0 Å². The number of hydrogen-bond donors (Lipinski definition) is 2. The van der Waals surface area contributed by atoms with Crippen molar-refractivity contribution in [2.24, 2.45) is 0 Å². The van der Waals surface area contributed by atoms with E-state index in [9.17, 15) is 40.6 Å². The lowest BCUT2D eigenvalue weighted by Crippen LogP contribution is -2.40. The van der Waals surface area contributed by atoms with Crippen molar-refractivity contribution in [3.8, 4) is 17.2 Å². The van der Waals surface area contributed by atoms with Crippen molar-refractivity contribution in [3.63, 3.8) is 0 Å². The van der Waals surface area contributed by atoms with E-state index in [1.54, 1.807) is 24.3 Å². The molecule has 12 heteroatoms. The molecule has 2 N–H and O–H groups in total. The molecule has 0 saturated carbocycles. The van der Waals surface area contributed by atoms with Crippen LogP contribution in [-0.2, 0) is 15.3 Å². The highest BCUT2D eigenvalue weighted by Gasteiger charge is 2.56. The van der Waals surface area contributed by atoms with Crippen LogP contribution in [0.1, 0.15) is 68.9 Å². The largest absolute Gasteiger partial charge is 0.508 e. The molecule has 2 aromatic carbocycles. The number of ether oxygens (including phenoxy) is 1. The Morgan fingerprint density at radius 1 is 0.905 bits per heavy atom. The number of sulfone groups is 1. The summed E-state index contributed by atoms with van der Waals surface area (Å²) in [5, 5.41) is 19.7. The first-order chi connectivity index (χ1) is 19.5. The van der Waals surface area contributed by atoms with Gasteiger partial charge in [-0.25, -0.2) is 8.42 Å². The Kier molecular flexibility index (Phi) is 11.1. The molecule has 1 aliphatic heterocycles. The maximum absolute atomic E-state index is 13.0. The third-order valence-electron chi connectivity index (χ3n) is 8.08. The molecule has 0 aromatic heterocycles. The van der Waals surface area contributed by atoms with Gasteiger partial charge in [-0.2, -0.15) is 22.0 Å². The third kappa shape index (κ3) is 8.95. The highest BCUT2D eigenvalue weighted by molar-refractivity contribution is 7.91. The molecule has 0 aliphatic carbocycles. The monoisotopic (exact) mass is 621 g/mol. The van der Waals surface area contributed by atoms with Crippen LogP contribution in [-0.4, -0.2) is 73.9 Å². The van der Waals surface area contributed by atoms with E-state index in [0.717, 1.165) is 36.9 Å². The van der Waals surface area contributed by atoms with Crippen LogP contribution in [0.25, 0.3) is 0 Å². The fourth-order valence-electron chi connectivity index (χ4n) is 5.51. The molecule has 0 amide bonds. The van der Waals surface area contributed by atoms with Crippen LogP contribution in [0.3, 0.4) is 0 Å². The number of benzene rings is 2. The predicted molar refractivity (Wildman–Crippen MR) is 151 cm³/mol. The second-order valence-corrected chi connectivity index (χ2v) is 13.8. The first kappa shape index (κ1) is 33.9. The SMILES string of the molecule is CN(CCCC[C@@H]1c2ccc(O)cc2OC[C@]1(C)c1ccc(O)cc1)CCCCS(=O)(=O)CCCC(F)(F)C(F)(F)F. The molecular formula is C30H40F5NO5S. The van der Waals surface area contributed by atoms with E-state index in [1.165, 1.54) is 0 Å². The van der Waals surface area contributed by atoms with Gasteiger partial charge in [0.15, 0.2) is 0 Å². The van der Waals surface area contributed by atoms with Crippen LogP contribution in [0.2, 0.25) is 0 Å². The predicted octanol–water partition coefficient (Wildman–Crippen LogP) is 6.81. The van der Waals surface area contributed by atoms with Gasteiger partial charge in [-0.3, -0.25) is 0 Å². The fraction of sp³-hybridized carbons (Fsp3) is 0.600. The Balaban J connectivity index is 1.45. The van der Waals surface area contributed by atoms with Gasteiger partial charge < -0.3 is 19.8 Å². The Morgan fingerprint density at radius 2 is 1.50 bits per heavy atom. The van der Waals surface area contributed by atoms with Gasteiger partial charge >= 0.3 is 12.1 Å². The van der Waals surface area contributed by atoms with Gasteiger partial charge in [-0.05, 0) is 81.6 Å². The summed E-state index contributed by atoms with van der Waals surface area (Å²) in [7, 11) is -1.77. The summed E-state index contributed by atoms with van der Waals surface area (Å²) >= 11 is 0. The smallest absolute Gasteiger partial charge is 0.453 e. The summed E-state index contributed by atoms with van der Waals surface area (Å²) in [5.74, 6) is -4.72. The topological polar surface area (TPSA) is 87.1 Å². The number of unbranched alkanes of at least 4 members (excludes halogenated alkanes) is 2. The number of alkyl halides is 5. The van der Waals surface area contributed by atoms with Crippen molar-refractivity contribution < 1.29 is 45.3 Å². The number of nitrogens with zero attached hydrogens (tertiary/aromatic N) is 1. The summed E-state index contributed by atoms with van der Waals surface area (Å²) in [6.45, 7) is 3.97. The molecule has 1 aliphatic rings. The van der Waals surface area contributed by atoms with Crippen LogP contribution >= 0.6 is 0 Å². The zero-order valence-electron chi connectivity index (χ0n) is 24.0. The summed E-state index contributed by atoms with van der Waals surface area (Å²) < 4.78 is 92.9. The van der Waals surface area contributed by atoms with E-state index in [-0.39, 0.29) is 28.6 Å². The zero-order valence-corrected chi connectivity index (χ0v) is 24.8. The molecule has 42 heavy (non-hydrogen) atoms. The second kappa shape index (κ2) is 13.8. The highest BCUT2D eigenvalue weighted by atomic mass is 32.2. The number of aromatic hydroxyl groups is 2. The lowest BCUT2D eigenvalue weighted by molar-refractivity contribution is -0.284. The van der Waals surface area contributed by atoms with Crippen molar-refractivity contribution in [1.82, 2.24) is 4.90 Å². The minimum absolute atomic E-state index is 0.109. The Bertz CT molecular complexity index is 1270. The number of phenols is 2. The lowest BCUT2D eigenvalue weighted by Gasteiger charge is -2.43. The van der Waals surface area contributed by atoms with Crippen molar-refractivity contribution >= 4 is 9.84 Å². The third-order valence-corrected chi connectivity index (χ3v) is 9.91. The van der Waals surface area contributed by atoms with Gasteiger partial charge in [-0.1, -0.05) is 31.5 Å². The molecule has 0 saturated heterocycles. The van der Waals surface area contributed by atoms with E-state index in [1.807, 2.05) is 25.2 Å². The van der Waals surface area contributed by atoms with Crippen molar-refractivity contribution in [3.05, 3.63) is 53.6 Å². The van der Waals surface area contributed by atoms with Gasteiger partial charge in [0.1, 0.15) is 27.1 Å². The number of phenolic OH excluding ortho intramolecular Hbond substituents is 2. The Labute approximate surface area is 244 Å². The molecule has 2 atom stereocenters. The molecule has 2 aromatic rings. The van der Waals surface area contributed by atoms with E-state index in [4.69, 9.17) is 4.74 Å². The first-order valence-electron chi connectivity index (χ1n) is 14.1. The van der Waals surface area contributed by atoms with Crippen molar-refractivity contribution in [1.29, 1.82) is 0 Å². The number of fused-ring (bicyclic) bond motifs is 1. The number of hydrogen-bond acceptors (Lipinski definition) is 6. The van der Waals surface area contributed by atoms with Crippen LogP contribution < -0.4 is 4.74 Å². The molecule has 236 valence electrons. The minimum atomic E-state index is -5.67. The lowest BCUT2D eigenvalue weighted by atomic mass is 9.66. The molecule has 0 bridgehead atoms. The van der Waals surface area contributed by atoms with Gasteiger partial charge in [0.2, 0.25) is 0 Å². The van der Waals surface area contributed by atoms with Crippen LogP contribution in [0.5, 0.6) is 17.2 Å². The maximum atomic E-state index is 13.0. The van der Waals surface area contributed by atoms with Gasteiger partial charge in [0, 0.05) is 23.8 Å². The average Bonchev–Trinajstić information content (AvgIpc) is 2.89. The highest BCUT2D eigenvalue weighted by Crippen LogP contribution is 2.49. The van der Waals surface area contributed by atoms with E-state index in [0.29, 0.717) is 31.7 Å². The molecule has 1 heterocycles. The summed E-state index contributed by atoms with van der Waals surface area (Å²) in [4.78, 5) is 2.09. The number of halogens is 5. The minimum Gasteiger partial charge on any atom is -0.508 e. The van der Waals surface area contributed by atoms with E-state index in [2.05, 4.69) is 11.8 Å². The van der Waals surface area contributed by atoms with E-state index >= 15 is 0 Å². The average molecular weight is 622 g/mol. The standard InChI is InChI=1S/C30H40F5NO5S/c1-28(22-9-11-23(37)12-10-22)21-41-27-20-24(38)13-14-25(27)26(28)8-3-4-16-36(2)17-5-6-18-42(39,40)19-7-15-29(31,32)30(33,34)35/h9-14,20,26,37-38H,3-8,15-19,21H2,1-2H3/t26-,28-/m1/s1. The quantitative estimate of drug-likeness (QED) is 0.168. The molecule has 0 spiro atoms. The first-order valence-corrected chi connectivity index (χ1v) is 15.9. The van der Waals surface area contributed by atoms with E-state index < -0.39 is 40.5 Å². The Hall–Kier alpha value is -2.60. The van der Waals surface area contributed by atoms with Crippen molar-refractivity contribution in [2.75, 3.05) is 38.2 Å². The van der Waals surface area contributed by atoms with Crippen LogP contribution in [0, 0.1) is 0 Å². The summed E-state index contributed by atoms with van der Waals surface area (Å²) in [6, 6.07) is 12.3. The van der Waals surface area contributed by atoms with Crippen LogP contribution in [0.4, 0.5) is 22.0 Å². The summed E-state index contributed by atoms with van der Waals surface area (Å²) in [5.41, 5.74) is 1.72.